The molecule has 2 aromatic heterocycles. The topological polar surface area (TPSA) is 65.4 Å². The van der Waals surface area contributed by atoms with Gasteiger partial charge in [0.15, 0.2) is 0 Å². The van der Waals surface area contributed by atoms with Gasteiger partial charge >= 0.3 is 0 Å². The van der Waals surface area contributed by atoms with E-state index in [1.54, 1.807) is 10.7 Å². The van der Waals surface area contributed by atoms with E-state index < -0.39 is 0 Å². The average molecular weight is 248 g/mol. The fraction of sp³-hybridized carbons (Fsp3) is 0.538. The molecule has 18 heavy (non-hydrogen) atoms. The Bertz CT molecular complexity index is 531. The van der Waals surface area contributed by atoms with Crippen LogP contribution in [0.15, 0.2) is 18.5 Å². The zero-order valence-electron chi connectivity index (χ0n) is 11.2. The smallest absolute Gasteiger partial charge is 0.240 e. The first-order valence-corrected chi connectivity index (χ1v) is 6.30. The van der Waals surface area contributed by atoms with E-state index in [9.17, 15) is 0 Å². The summed E-state index contributed by atoms with van der Waals surface area (Å²) in [5, 5.41) is 4.32. The first-order valence-electron chi connectivity index (χ1n) is 6.30. The summed E-state index contributed by atoms with van der Waals surface area (Å²) in [7, 11) is 0. The van der Waals surface area contributed by atoms with Crippen molar-refractivity contribution in [2.45, 2.75) is 39.2 Å². The average Bonchev–Trinajstić information content (AvgIpc) is 2.76. The first-order chi connectivity index (χ1) is 8.58. The Morgan fingerprint density at radius 2 is 2.11 bits per heavy atom. The zero-order chi connectivity index (χ0) is 13.2. The van der Waals surface area contributed by atoms with Crippen LogP contribution in [0, 0.1) is 6.92 Å². The van der Waals surface area contributed by atoms with Gasteiger partial charge in [0.05, 0.1) is 5.69 Å². The summed E-state index contributed by atoms with van der Waals surface area (Å²) in [6.45, 7) is 6.56. The summed E-state index contributed by atoms with van der Waals surface area (Å²) < 4.78 is 7.55. The van der Waals surface area contributed by atoms with Crippen molar-refractivity contribution < 1.29 is 4.74 Å². The standard InChI is InChI=1S/C13H20N4O/c1-4-13(14,5-2)9-18-12-11-8-10(3)16-17(11)7-6-15-12/h6-8H,4-5,9,14H2,1-3H3. The van der Waals surface area contributed by atoms with Crippen molar-refractivity contribution in [2.24, 2.45) is 5.73 Å². The van der Waals surface area contributed by atoms with Crippen molar-refractivity contribution in [3.05, 3.63) is 24.2 Å². The molecule has 0 spiro atoms. The fourth-order valence-corrected chi connectivity index (χ4v) is 1.80. The normalized spacial score (nSPS) is 12.0. The monoisotopic (exact) mass is 248 g/mol. The van der Waals surface area contributed by atoms with E-state index in [2.05, 4.69) is 23.9 Å². The number of hydrogen-bond acceptors (Lipinski definition) is 4. The summed E-state index contributed by atoms with van der Waals surface area (Å²) in [6, 6.07) is 1.96. The van der Waals surface area contributed by atoms with E-state index in [1.807, 2.05) is 19.2 Å². The van der Waals surface area contributed by atoms with Crippen LogP contribution in [0.5, 0.6) is 5.88 Å². The van der Waals surface area contributed by atoms with Crippen molar-refractivity contribution in [3.8, 4) is 5.88 Å². The van der Waals surface area contributed by atoms with E-state index >= 15 is 0 Å². The molecule has 2 N–H and O–H groups in total. The summed E-state index contributed by atoms with van der Waals surface area (Å²) >= 11 is 0. The Kier molecular flexibility index (Phi) is 3.52. The van der Waals surface area contributed by atoms with Crippen LogP contribution in [0.25, 0.3) is 5.52 Å². The van der Waals surface area contributed by atoms with Gasteiger partial charge in [0.2, 0.25) is 5.88 Å². The molecule has 2 aromatic rings. The first kappa shape index (κ1) is 12.8. The molecule has 0 saturated carbocycles. The highest BCUT2D eigenvalue weighted by Crippen LogP contribution is 2.19. The molecule has 98 valence electrons. The SMILES string of the molecule is CCC(N)(CC)COc1nccn2nc(C)cc12. The number of ether oxygens (including phenoxy) is 1. The second-order valence-electron chi connectivity index (χ2n) is 4.71. The molecule has 5 heteroatoms. The second-order valence-corrected chi connectivity index (χ2v) is 4.71. The van der Waals surface area contributed by atoms with Crippen LogP contribution in [0.4, 0.5) is 0 Å². The van der Waals surface area contributed by atoms with Crippen LogP contribution >= 0.6 is 0 Å². The third kappa shape index (κ3) is 2.46. The van der Waals surface area contributed by atoms with Gasteiger partial charge in [-0.25, -0.2) is 9.50 Å². The molecule has 5 nitrogen and oxygen atoms in total. The van der Waals surface area contributed by atoms with Gasteiger partial charge in [-0.1, -0.05) is 13.8 Å². The molecule has 2 rings (SSSR count). The van der Waals surface area contributed by atoms with Crippen LogP contribution in [0.1, 0.15) is 32.4 Å². The predicted octanol–water partition coefficient (Wildman–Crippen LogP) is 1.93. The number of aryl methyl sites for hydroxylation is 1. The third-order valence-corrected chi connectivity index (χ3v) is 3.38. The van der Waals surface area contributed by atoms with E-state index in [0.29, 0.717) is 12.5 Å². The third-order valence-electron chi connectivity index (χ3n) is 3.38. The molecular weight excluding hydrogens is 228 g/mol. The van der Waals surface area contributed by atoms with E-state index in [-0.39, 0.29) is 5.54 Å². The van der Waals surface area contributed by atoms with Gasteiger partial charge in [0, 0.05) is 17.9 Å². The number of aromatic nitrogens is 3. The van der Waals surface area contributed by atoms with Crippen molar-refractivity contribution in [1.29, 1.82) is 0 Å². The zero-order valence-corrected chi connectivity index (χ0v) is 11.2. The summed E-state index contributed by atoms with van der Waals surface area (Å²) in [6.07, 6.45) is 5.26. The molecule has 0 bridgehead atoms. The highest BCUT2D eigenvalue weighted by atomic mass is 16.5. The van der Waals surface area contributed by atoms with Crippen LogP contribution in [0.2, 0.25) is 0 Å². The lowest BCUT2D eigenvalue weighted by molar-refractivity contribution is 0.202. The predicted molar refractivity (Wildman–Crippen MR) is 70.7 cm³/mol. The Morgan fingerprint density at radius 3 is 2.78 bits per heavy atom. The lowest BCUT2D eigenvalue weighted by Crippen LogP contribution is -2.44. The summed E-state index contributed by atoms with van der Waals surface area (Å²) in [5.41, 5.74) is 7.75. The van der Waals surface area contributed by atoms with Crippen molar-refractivity contribution in [3.63, 3.8) is 0 Å². The Hall–Kier alpha value is -1.62. The molecule has 0 atom stereocenters. The number of rotatable bonds is 5. The van der Waals surface area contributed by atoms with E-state index in [4.69, 9.17) is 10.5 Å². The molecule has 0 saturated heterocycles. The van der Waals surface area contributed by atoms with Crippen molar-refractivity contribution >= 4 is 5.52 Å². The number of hydrogen-bond donors (Lipinski definition) is 1. The minimum Gasteiger partial charge on any atom is -0.474 e. The van der Waals surface area contributed by atoms with Gasteiger partial charge in [-0.3, -0.25) is 0 Å². The van der Waals surface area contributed by atoms with Crippen LogP contribution in [0.3, 0.4) is 0 Å². The van der Waals surface area contributed by atoms with Crippen LogP contribution in [-0.4, -0.2) is 26.7 Å². The van der Waals surface area contributed by atoms with Crippen LogP contribution in [-0.2, 0) is 0 Å². The van der Waals surface area contributed by atoms with E-state index in [0.717, 1.165) is 24.1 Å². The summed E-state index contributed by atoms with van der Waals surface area (Å²) in [4.78, 5) is 4.25. The molecule has 0 aromatic carbocycles. The quantitative estimate of drug-likeness (QED) is 0.878. The number of nitrogens with two attached hydrogens (primary N) is 1. The van der Waals surface area contributed by atoms with Gasteiger partial charge in [0.25, 0.3) is 0 Å². The van der Waals surface area contributed by atoms with Crippen molar-refractivity contribution in [2.75, 3.05) is 6.61 Å². The molecule has 2 heterocycles. The largest absolute Gasteiger partial charge is 0.474 e. The highest BCUT2D eigenvalue weighted by molar-refractivity contribution is 5.56. The highest BCUT2D eigenvalue weighted by Gasteiger charge is 2.22. The Balaban J connectivity index is 2.21. The maximum absolute atomic E-state index is 6.22. The molecule has 0 amide bonds. The molecule has 0 aliphatic rings. The fourth-order valence-electron chi connectivity index (χ4n) is 1.80. The molecule has 0 fully saturated rings. The molecule has 0 aliphatic carbocycles. The minimum atomic E-state index is -0.288. The van der Waals surface area contributed by atoms with E-state index in [1.165, 1.54) is 0 Å². The number of fused-ring (bicyclic) bond motifs is 1. The minimum absolute atomic E-state index is 0.288. The van der Waals surface area contributed by atoms with Crippen molar-refractivity contribution in [1.82, 2.24) is 14.6 Å². The van der Waals surface area contributed by atoms with Gasteiger partial charge in [-0.2, -0.15) is 5.10 Å². The maximum atomic E-state index is 6.22. The Morgan fingerprint density at radius 1 is 1.39 bits per heavy atom. The van der Waals surface area contributed by atoms with Gasteiger partial charge in [-0.05, 0) is 25.8 Å². The van der Waals surface area contributed by atoms with Crippen LogP contribution < -0.4 is 10.5 Å². The lowest BCUT2D eigenvalue weighted by Gasteiger charge is -2.26. The molecular formula is C13H20N4O. The second kappa shape index (κ2) is 4.94. The van der Waals surface area contributed by atoms with Gasteiger partial charge in [0.1, 0.15) is 12.1 Å². The lowest BCUT2D eigenvalue weighted by atomic mass is 9.96. The molecule has 0 unspecified atom stereocenters. The maximum Gasteiger partial charge on any atom is 0.240 e. The Labute approximate surface area is 107 Å². The van der Waals surface area contributed by atoms with Gasteiger partial charge < -0.3 is 10.5 Å². The molecule has 0 radical (unpaired) electrons. The summed E-state index contributed by atoms with van der Waals surface area (Å²) in [5.74, 6) is 0.592. The number of nitrogens with zero attached hydrogens (tertiary/aromatic N) is 3. The van der Waals surface area contributed by atoms with Gasteiger partial charge in [-0.15, -0.1) is 0 Å². The molecule has 0 aliphatic heterocycles.